The normalized spacial score (nSPS) is 22.9. The fourth-order valence-corrected chi connectivity index (χ4v) is 3.56. The summed E-state index contributed by atoms with van der Waals surface area (Å²) in [5.74, 6) is 0.971. The Kier molecular flexibility index (Phi) is 5.19. The number of likely N-dealkylation sites (N-methyl/N-ethyl adjacent to an activating group) is 1. The van der Waals surface area contributed by atoms with Gasteiger partial charge < -0.3 is 24.8 Å². The number of aliphatic hydroxyl groups excluding tert-OH is 1. The van der Waals surface area contributed by atoms with Gasteiger partial charge in [0.1, 0.15) is 12.3 Å². The monoisotopic (exact) mass is 387 g/mol. The number of ether oxygens (including phenoxy) is 2. The standard InChI is InChI=1S/C19H25N5O4/c1-11(12-8-20-21-9-12)13-7-14(22-18-17(13)28-6-4-24(18)2)19(26)23-15-10-27-5-3-16(15)25/h7-9,11,15-16,25H,3-6,10H2,1-2H3,(H,20,21)(H,23,26). The van der Waals surface area contributed by atoms with Crippen LogP contribution in [0.1, 0.15) is 40.9 Å². The molecule has 9 heteroatoms. The van der Waals surface area contributed by atoms with E-state index in [0.717, 1.165) is 11.1 Å². The lowest BCUT2D eigenvalue weighted by molar-refractivity contribution is -0.0140. The third kappa shape index (κ3) is 3.55. The molecule has 28 heavy (non-hydrogen) atoms. The zero-order valence-electron chi connectivity index (χ0n) is 16.0. The van der Waals surface area contributed by atoms with Crippen molar-refractivity contribution < 1.29 is 19.4 Å². The summed E-state index contributed by atoms with van der Waals surface area (Å²) < 4.78 is 11.3. The van der Waals surface area contributed by atoms with Crippen molar-refractivity contribution in [3.8, 4) is 5.75 Å². The van der Waals surface area contributed by atoms with Gasteiger partial charge in [-0.2, -0.15) is 5.10 Å². The van der Waals surface area contributed by atoms with E-state index in [1.54, 1.807) is 12.3 Å². The Balaban J connectivity index is 1.68. The molecular weight excluding hydrogens is 362 g/mol. The number of fused-ring (bicyclic) bond motifs is 1. The number of H-pyrrole nitrogens is 1. The lowest BCUT2D eigenvalue weighted by Crippen LogP contribution is -2.49. The molecule has 0 radical (unpaired) electrons. The molecule has 2 aliphatic rings. The minimum Gasteiger partial charge on any atom is -0.488 e. The Labute approximate surface area is 163 Å². The first-order valence-corrected chi connectivity index (χ1v) is 9.49. The number of pyridine rings is 1. The maximum atomic E-state index is 12.9. The fourth-order valence-electron chi connectivity index (χ4n) is 3.56. The van der Waals surface area contributed by atoms with Crippen LogP contribution in [0.3, 0.4) is 0 Å². The molecule has 3 N–H and O–H groups in total. The highest BCUT2D eigenvalue weighted by molar-refractivity contribution is 5.93. The second-order valence-electron chi connectivity index (χ2n) is 7.28. The molecule has 4 heterocycles. The first kappa shape index (κ1) is 18.7. The average molecular weight is 387 g/mol. The van der Waals surface area contributed by atoms with Gasteiger partial charge >= 0.3 is 0 Å². The van der Waals surface area contributed by atoms with Crippen LogP contribution in [-0.4, -0.2) is 71.8 Å². The van der Waals surface area contributed by atoms with Crippen LogP contribution < -0.4 is 15.0 Å². The number of carbonyl (C=O) groups excluding carboxylic acids is 1. The van der Waals surface area contributed by atoms with Crippen LogP contribution in [0.15, 0.2) is 18.5 Å². The highest BCUT2D eigenvalue weighted by Gasteiger charge is 2.29. The summed E-state index contributed by atoms with van der Waals surface area (Å²) in [5.41, 5.74) is 2.16. The predicted molar refractivity (Wildman–Crippen MR) is 102 cm³/mol. The lowest BCUT2D eigenvalue weighted by atomic mass is 9.94. The number of hydrogen-bond acceptors (Lipinski definition) is 7. The van der Waals surface area contributed by atoms with Crippen molar-refractivity contribution in [2.75, 3.05) is 38.3 Å². The molecule has 2 aromatic rings. The largest absolute Gasteiger partial charge is 0.488 e. The summed E-state index contributed by atoms with van der Waals surface area (Å²) in [6, 6.07) is 1.32. The van der Waals surface area contributed by atoms with Crippen LogP contribution in [0.5, 0.6) is 5.75 Å². The number of hydrogen-bond donors (Lipinski definition) is 3. The van der Waals surface area contributed by atoms with E-state index >= 15 is 0 Å². The van der Waals surface area contributed by atoms with E-state index in [1.807, 2.05) is 25.1 Å². The zero-order valence-corrected chi connectivity index (χ0v) is 16.0. The predicted octanol–water partition coefficient (Wildman–Crippen LogP) is 0.665. The summed E-state index contributed by atoms with van der Waals surface area (Å²) in [5, 5.41) is 19.8. The Morgan fingerprint density at radius 3 is 3.07 bits per heavy atom. The number of rotatable bonds is 4. The van der Waals surface area contributed by atoms with Crippen molar-refractivity contribution in [2.24, 2.45) is 0 Å². The average Bonchev–Trinajstić information content (AvgIpc) is 3.23. The topological polar surface area (TPSA) is 113 Å². The first-order valence-electron chi connectivity index (χ1n) is 9.49. The van der Waals surface area contributed by atoms with Gasteiger partial charge in [0.2, 0.25) is 0 Å². The van der Waals surface area contributed by atoms with Crippen molar-refractivity contribution in [3.63, 3.8) is 0 Å². The molecule has 0 bridgehead atoms. The number of anilines is 1. The molecule has 1 fully saturated rings. The van der Waals surface area contributed by atoms with Gasteiger partial charge in [-0.25, -0.2) is 4.98 Å². The number of carbonyl (C=O) groups is 1. The zero-order chi connectivity index (χ0) is 19.7. The molecule has 0 aliphatic carbocycles. The van der Waals surface area contributed by atoms with Gasteiger partial charge in [0, 0.05) is 31.3 Å². The SMILES string of the molecule is CC(c1cn[nH]c1)c1cc(C(=O)NC2COCCC2O)nc2c1OCCN2C. The lowest BCUT2D eigenvalue weighted by Gasteiger charge is -2.31. The summed E-state index contributed by atoms with van der Waals surface area (Å²) in [4.78, 5) is 19.4. The quantitative estimate of drug-likeness (QED) is 0.707. The third-order valence-corrected chi connectivity index (χ3v) is 5.37. The van der Waals surface area contributed by atoms with Gasteiger partial charge in [-0.15, -0.1) is 0 Å². The van der Waals surface area contributed by atoms with Crippen molar-refractivity contribution in [2.45, 2.75) is 31.4 Å². The fraction of sp³-hybridized carbons (Fsp3) is 0.526. The summed E-state index contributed by atoms with van der Waals surface area (Å²) in [7, 11) is 1.93. The Morgan fingerprint density at radius 1 is 1.46 bits per heavy atom. The van der Waals surface area contributed by atoms with Gasteiger partial charge in [-0.1, -0.05) is 6.92 Å². The van der Waals surface area contributed by atoms with Crippen LogP contribution in [-0.2, 0) is 4.74 Å². The Morgan fingerprint density at radius 2 is 2.32 bits per heavy atom. The highest BCUT2D eigenvalue weighted by atomic mass is 16.5. The molecule has 3 unspecified atom stereocenters. The third-order valence-electron chi connectivity index (χ3n) is 5.37. The molecule has 0 spiro atoms. The number of aromatic amines is 1. The Bertz CT molecular complexity index is 841. The van der Waals surface area contributed by atoms with Gasteiger partial charge in [0.15, 0.2) is 11.6 Å². The summed E-state index contributed by atoms with van der Waals surface area (Å²) >= 11 is 0. The van der Waals surface area contributed by atoms with Crippen LogP contribution in [0.4, 0.5) is 5.82 Å². The number of aliphatic hydroxyl groups is 1. The van der Waals surface area contributed by atoms with Crippen molar-refractivity contribution in [3.05, 3.63) is 35.3 Å². The van der Waals surface area contributed by atoms with Gasteiger partial charge in [0.05, 0.1) is 31.5 Å². The number of amides is 1. The van der Waals surface area contributed by atoms with Crippen LogP contribution >= 0.6 is 0 Å². The first-order chi connectivity index (χ1) is 13.5. The van der Waals surface area contributed by atoms with Crippen molar-refractivity contribution >= 4 is 11.7 Å². The van der Waals surface area contributed by atoms with Crippen LogP contribution in [0.2, 0.25) is 0 Å². The van der Waals surface area contributed by atoms with Crippen molar-refractivity contribution in [1.29, 1.82) is 0 Å². The van der Waals surface area contributed by atoms with E-state index in [1.165, 1.54) is 0 Å². The van der Waals surface area contributed by atoms with Gasteiger partial charge in [0.25, 0.3) is 5.91 Å². The summed E-state index contributed by atoms with van der Waals surface area (Å²) in [6.07, 6.45) is 3.48. The van der Waals surface area contributed by atoms with E-state index in [-0.39, 0.29) is 11.8 Å². The molecule has 3 atom stereocenters. The molecule has 2 aromatic heterocycles. The molecule has 2 aliphatic heterocycles. The molecule has 150 valence electrons. The second-order valence-corrected chi connectivity index (χ2v) is 7.28. The summed E-state index contributed by atoms with van der Waals surface area (Å²) in [6.45, 7) is 4.09. The van der Waals surface area contributed by atoms with Crippen LogP contribution in [0, 0.1) is 0 Å². The minimum absolute atomic E-state index is 0.0304. The molecule has 1 saturated heterocycles. The molecule has 1 amide bonds. The smallest absolute Gasteiger partial charge is 0.270 e. The molecule has 0 aromatic carbocycles. The molecule has 9 nitrogen and oxygen atoms in total. The van der Waals surface area contributed by atoms with Gasteiger partial charge in [-0.05, 0) is 18.1 Å². The molecule has 0 saturated carbocycles. The van der Waals surface area contributed by atoms with E-state index < -0.39 is 12.1 Å². The molecule has 4 rings (SSSR count). The minimum atomic E-state index is -0.620. The molecular formula is C19H25N5O4. The maximum Gasteiger partial charge on any atom is 0.270 e. The second kappa shape index (κ2) is 7.76. The van der Waals surface area contributed by atoms with E-state index in [2.05, 4.69) is 20.5 Å². The van der Waals surface area contributed by atoms with E-state index in [0.29, 0.717) is 50.0 Å². The van der Waals surface area contributed by atoms with Crippen molar-refractivity contribution in [1.82, 2.24) is 20.5 Å². The highest BCUT2D eigenvalue weighted by Crippen LogP contribution is 2.39. The van der Waals surface area contributed by atoms with Gasteiger partial charge in [-0.3, -0.25) is 9.89 Å². The number of nitrogens with one attached hydrogen (secondary N) is 2. The number of nitrogens with zero attached hydrogens (tertiary/aromatic N) is 3. The maximum absolute atomic E-state index is 12.9. The van der Waals surface area contributed by atoms with E-state index in [9.17, 15) is 9.90 Å². The Hall–Kier alpha value is -2.65. The number of aromatic nitrogens is 3. The van der Waals surface area contributed by atoms with Crippen LogP contribution in [0.25, 0.3) is 0 Å². The van der Waals surface area contributed by atoms with E-state index in [4.69, 9.17) is 9.47 Å².